The third kappa shape index (κ3) is 3.35. The molecule has 3 rings (SSSR count). The van der Waals surface area contributed by atoms with Crippen molar-refractivity contribution < 1.29 is 9.53 Å². The zero-order chi connectivity index (χ0) is 18.0. The number of hydrogen-bond donors (Lipinski definition) is 1. The van der Waals surface area contributed by atoms with Crippen LogP contribution in [0.5, 0.6) is 0 Å². The van der Waals surface area contributed by atoms with E-state index in [1.54, 1.807) is 6.92 Å². The molecule has 0 saturated heterocycles. The van der Waals surface area contributed by atoms with Gasteiger partial charge >= 0.3 is 5.97 Å². The third-order valence-electron chi connectivity index (χ3n) is 4.77. The molecule has 1 heterocycles. The monoisotopic (exact) mass is 358 g/mol. The largest absolute Gasteiger partial charge is 0.465 e. The van der Waals surface area contributed by atoms with Crippen LogP contribution >= 0.6 is 11.8 Å². The maximum atomic E-state index is 12.8. The number of hydrogen-bond acceptors (Lipinski definition) is 5. The fraction of sp³-hybridized carbons (Fsp3) is 0.421. The number of carbonyl (C=O) groups is 1. The van der Waals surface area contributed by atoms with E-state index in [9.17, 15) is 9.59 Å². The molecule has 2 aromatic rings. The van der Waals surface area contributed by atoms with Gasteiger partial charge in [-0.15, -0.1) is 0 Å². The van der Waals surface area contributed by atoms with Gasteiger partial charge in [-0.3, -0.25) is 9.59 Å². The van der Waals surface area contributed by atoms with Gasteiger partial charge in [-0.25, -0.2) is 4.98 Å². The average Bonchev–Trinajstić information content (AvgIpc) is 2.60. The van der Waals surface area contributed by atoms with E-state index in [1.165, 1.54) is 17.3 Å². The highest BCUT2D eigenvalue weighted by Crippen LogP contribution is 2.42. The highest BCUT2D eigenvalue weighted by atomic mass is 32.2. The molecule has 1 aromatic heterocycles. The summed E-state index contributed by atoms with van der Waals surface area (Å²) in [5.74, 6) is -0.186. The number of H-pyrrole nitrogens is 1. The molecule has 1 atom stereocenters. The highest BCUT2D eigenvalue weighted by Gasteiger charge is 2.37. The van der Waals surface area contributed by atoms with Crippen molar-refractivity contribution in [3.05, 3.63) is 45.7 Å². The van der Waals surface area contributed by atoms with E-state index in [-0.39, 0.29) is 22.7 Å². The van der Waals surface area contributed by atoms with Crippen LogP contribution in [0.3, 0.4) is 0 Å². The molecule has 0 aliphatic heterocycles. The second kappa shape index (κ2) is 7.04. The Morgan fingerprint density at radius 2 is 2.12 bits per heavy atom. The van der Waals surface area contributed by atoms with Gasteiger partial charge in [-0.1, -0.05) is 49.9 Å². The molecule has 0 bridgehead atoms. The summed E-state index contributed by atoms with van der Waals surface area (Å²) in [5, 5.41) is 0.451. The maximum Gasteiger partial charge on any atom is 0.316 e. The Bertz CT molecular complexity index is 862. The SMILES string of the molecule is CCOC(=O)CSc1nc2c(c(=O)[nH]1)[C@](C)(CC)Cc1ccccc1-2. The van der Waals surface area contributed by atoms with Gasteiger partial charge in [0.2, 0.25) is 0 Å². The molecule has 0 radical (unpaired) electrons. The Labute approximate surface area is 151 Å². The quantitative estimate of drug-likeness (QED) is 0.504. The van der Waals surface area contributed by atoms with Crippen molar-refractivity contribution in [2.75, 3.05) is 12.4 Å². The van der Waals surface area contributed by atoms with Gasteiger partial charge in [0.05, 0.1) is 18.1 Å². The van der Waals surface area contributed by atoms with Gasteiger partial charge in [-0.05, 0) is 25.3 Å². The fourth-order valence-electron chi connectivity index (χ4n) is 3.32. The minimum absolute atomic E-state index is 0.116. The predicted molar refractivity (Wildman–Crippen MR) is 99.0 cm³/mol. The standard InChI is InChI=1S/C19H22N2O3S/c1-4-19(3)10-12-8-6-7-9-13(12)16-15(19)17(23)21-18(20-16)25-11-14(22)24-5-2/h6-9H,4-5,10-11H2,1-3H3,(H,20,21,23)/t19-/m1/s1. The Balaban J connectivity index is 2.05. The number of benzene rings is 1. The molecule has 1 aliphatic rings. The lowest BCUT2D eigenvalue weighted by Crippen LogP contribution is -2.36. The van der Waals surface area contributed by atoms with Crippen molar-refractivity contribution in [3.63, 3.8) is 0 Å². The zero-order valence-electron chi connectivity index (χ0n) is 14.7. The van der Waals surface area contributed by atoms with Gasteiger partial charge in [0, 0.05) is 16.5 Å². The number of rotatable bonds is 5. The lowest BCUT2D eigenvalue weighted by molar-refractivity contribution is -0.139. The van der Waals surface area contributed by atoms with Crippen LogP contribution in [0.1, 0.15) is 38.3 Å². The van der Waals surface area contributed by atoms with E-state index in [4.69, 9.17) is 9.72 Å². The summed E-state index contributed by atoms with van der Waals surface area (Å²) in [6.07, 6.45) is 1.68. The zero-order valence-corrected chi connectivity index (χ0v) is 15.5. The first kappa shape index (κ1) is 17.7. The number of nitrogens with zero attached hydrogens (tertiary/aromatic N) is 1. The molecular weight excluding hydrogens is 336 g/mol. The summed E-state index contributed by atoms with van der Waals surface area (Å²) in [7, 11) is 0. The maximum absolute atomic E-state index is 12.8. The van der Waals surface area contributed by atoms with Crippen molar-refractivity contribution >= 4 is 17.7 Å². The van der Waals surface area contributed by atoms with Crippen LogP contribution in [0.4, 0.5) is 0 Å². The summed E-state index contributed by atoms with van der Waals surface area (Å²) in [5.41, 5.74) is 3.34. The van der Waals surface area contributed by atoms with Crippen molar-refractivity contribution in [2.45, 2.75) is 44.2 Å². The van der Waals surface area contributed by atoms with Gasteiger partial charge in [0.1, 0.15) is 0 Å². The van der Waals surface area contributed by atoms with E-state index in [2.05, 4.69) is 24.9 Å². The average molecular weight is 358 g/mol. The molecule has 25 heavy (non-hydrogen) atoms. The number of nitrogens with one attached hydrogen (secondary N) is 1. The molecule has 1 N–H and O–H groups in total. The first-order valence-electron chi connectivity index (χ1n) is 8.50. The van der Waals surface area contributed by atoms with E-state index in [0.717, 1.165) is 29.7 Å². The molecule has 6 heteroatoms. The molecule has 5 nitrogen and oxygen atoms in total. The number of esters is 1. The van der Waals surface area contributed by atoms with Crippen LogP contribution in [0, 0.1) is 0 Å². The number of ether oxygens (including phenoxy) is 1. The van der Waals surface area contributed by atoms with Gasteiger partial charge in [0.15, 0.2) is 5.16 Å². The summed E-state index contributed by atoms with van der Waals surface area (Å²) in [4.78, 5) is 31.9. The van der Waals surface area contributed by atoms with Gasteiger partial charge < -0.3 is 9.72 Å². The van der Waals surface area contributed by atoms with E-state index < -0.39 is 0 Å². The minimum atomic E-state index is -0.313. The lowest BCUT2D eigenvalue weighted by atomic mass is 9.69. The molecular formula is C19H22N2O3S. The molecule has 132 valence electrons. The van der Waals surface area contributed by atoms with E-state index in [1.807, 2.05) is 18.2 Å². The Kier molecular flexibility index (Phi) is 4.99. The predicted octanol–water partition coefficient (Wildman–Crippen LogP) is 3.32. The number of aromatic amines is 1. The van der Waals surface area contributed by atoms with Gasteiger partial charge in [0.25, 0.3) is 5.56 Å². The Hall–Kier alpha value is -2.08. The van der Waals surface area contributed by atoms with Crippen LogP contribution < -0.4 is 5.56 Å². The Morgan fingerprint density at radius 3 is 2.84 bits per heavy atom. The van der Waals surface area contributed by atoms with E-state index >= 15 is 0 Å². The molecule has 0 unspecified atom stereocenters. The van der Waals surface area contributed by atoms with Crippen molar-refractivity contribution in [2.24, 2.45) is 0 Å². The molecule has 0 fully saturated rings. The summed E-state index contributed by atoms with van der Waals surface area (Å²) < 4.78 is 4.93. The van der Waals surface area contributed by atoms with Crippen LogP contribution in [-0.2, 0) is 21.4 Å². The smallest absolute Gasteiger partial charge is 0.316 e. The number of aromatic nitrogens is 2. The topological polar surface area (TPSA) is 72.0 Å². The normalized spacial score (nSPS) is 18.4. The number of carbonyl (C=O) groups excluding carboxylic acids is 1. The molecule has 1 aliphatic carbocycles. The summed E-state index contributed by atoms with van der Waals surface area (Å²) in [6, 6.07) is 8.09. The highest BCUT2D eigenvalue weighted by molar-refractivity contribution is 7.99. The molecule has 0 saturated carbocycles. The second-order valence-corrected chi connectivity index (χ2v) is 7.40. The lowest BCUT2D eigenvalue weighted by Gasteiger charge is -2.34. The van der Waals surface area contributed by atoms with Crippen LogP contribution in [0.15, 0.2) is 34.2 Å². The van der Waals surface area contributed by atoms with Crippen molar-refractivity contribution in [1.82, 2.24) is 9.97 Å². The molecule has 0 amide bonds. The second-order valence-electron chi connectivity index (χ2n) is 6.44. The molecule has 0 spiro atoms. The van der Waals surface area contributed by atoms with Crippen LogP contribution in [-0.4, -0.2) is 28.3 Å². The minimum Gasteiger partial charge on any atom is -0.465 e. The van der Waals surface area contributed by atoms with Crippen LogP contribution in [0.2, 0.25) is 0 Å². The number of fused-ring (bicyclic) bond motifs is 3. The molecule has 1 aromatic carbocycles. The first-order chi connectivity index (χ1) is 12.0. The number of thioether (sulfide) groups is 1. The van der Waals surface area contributed by atoms with Crippen LogP contribution in [0.25, 0.3) is 11.3 Å². The fourth-order valence-corrected chi connectivity index (χ4v) is 3.98. The van der Waals surface area contributed by atoms with Gasteiger partial charge in [-0.2, -0.15) is 0 Å². The summed E-state index contributed by atoms with van der Waals surface area (Å²) in [6.45, 7) is 6.32. The van der Waals surface area contributed by atoms with E-state index in [0.29, 0.717) is 11.8 Å². The Morgan fingerprint density at radius 1 is 1.36 bits per heavy atom. The third-order valence-corrected chi connectivity index (χ3v) is 5.61. The summed E-state index contributed by atoms with van der Waals surface area (Å²) >= 11 is 1.20. The first-order valence-corrected chi connectivity index (χ1v) is 9.48. The van der Waals surface area contributed by atoms with Crippen molar-refractivity contribution in [1.29, 1.82) is 0 Å². The van der Waals surface area contributed by atoms with Crippen molar-refractivity contribution in [3.8, 4) is 11.3 Å².